The van der Waals surface area contributed by atoms with Gasteiger partial charge in [-0.15, -0.1) is 11.8 Å². The number of benzene rings is 1. The van der Waals surface area contributed by atoms with E-state index in [0.29, 0.717) is 5.56 Å². The second-order valence-corrected chi connectivity index (χ2v) is 10.1. The Balaban J connectivity index is 0.00000342. The van der Waals surface area contributed by atoms with Gasteiger partial charge in [-0.1, -0.05) is 30.3 Å². The SMILES string of the molecule is CC1(C)S[C@@H]2[C@H](NC(=O)C(NC(=O)NC(=O)c3ccco3)c3ccccc3)C(=O)N2[C@H]1C(=O)[O-].[K+]. The van der Waals surface area contributed by atoms with Crippen LogP contribution >= 0.6 is 11.8 Å². The maximum Gasteiger partial charge on any atom is 1.00 e. The van der Waals surface area contributed by atoms with E-state index in [2.05, 4.69) is 16.0 Å². The molecule has 4 rings (SSSR count). The largest absolute Gasteiger partial charge is 1.00 e. The number of rotatable bonds is 6. The molecule has 0 saturated carbocycles. The topological polar surface area (TPSA) is 161 Å². The number of furan rings is 1. The minimum absolute atomic E-state index is 0. The van der Waals surface area contributed by atoms with Gasteiger partial charge in [0, 0.05) is 4.75 Å². The zero-order chi connectivity index (χ0) is 24.6. The molecule has 2 aliphatic rings. The van der Waals surface area contributed by atoms with Gasteiger partial charge in [0.2, 0.25) is 11.8 Å². The van der Waals surface area contributed by atoms with Crippen molar-refractivity contribution in [1.29, 1.82) is 0 Å². The fourth-order valence-electron chi connectivity index (χ4n) is 4.05. The van der Waals surface area contributed by atoms with Gasteiger partial charge < -0.3 is 29.9 Å². The van der Waals surface area contributed by atoms with E-state index in [1.54, 1.807) is 44.2 Å². The first-order valence-electron chi connectivity index (χ1n) is 10.3. The third kappa shape index (κ3) is 5.49. The Labute approximate surface area is 247 Å². The van der Waals surface area contributed by atoms with Gasteiger partial charge in [-0.05, 0) is 31.5 Å². The summed E-state index contributed by atoms with van der Waals surface area (Å²) in [7, 11) is 0. The first kappa shape index (κ1) is 27.4. The van der Waals surface area contributed by atoms with E-state index in [-0.39, 0.29) is 57.1 Å². The number of hydrogen-bond acceptors (Lipinski definition) is 8. The molecule has 5 amide bonds. The number of nitrogens with zero attached hydrogens (tertiary/aromatic N) is 1. The molecule has 0 bridgehead atoms. The molecule has 2 fully saturated rings. The third-order valence-electron chi connectivity index (χ3n) is 5.60. The van der Waals surface area contributed by atoms with E-state index >= 15 is 0 Å². The van der Waals surface area contributed by atoms with E-state index in [9.17, 15) is 29.1 Å². The smallest absolute Gasteiger partial charge is 0.548 e. The molecule has 0 spiro atoms. The maximum absolute atomic E-state index is 13.1. The standard InChI is InChI=1S/C22H22N4O7S.K/c1-22(2)15(20(30)31)26-18(29)14(19(26)34-22)23-17(28)13(11-7-4-3-5-8-11)24-21(32)25-16(27)12-9-6-10-33-12;/h3-10,13-15,19H,1-2H3,(H,23,28)(H,30,31)(H2,24,25,27,32);/q;+1/p-1/t13?,14-,15+,19-;/m1./s1. The monoisotopic (exact) mass is 524 g/mol. The third-order valence-corrected chi connectivity index (χ3v) is 7.18. The molecule has 0 aliphatic carbocycles. The molecule has 2 aliphatic heterocycles. The van der Waals surface area contributed by atoms with Gasteiger partial charge in [-0.25, -0.2) is 4.79 Å². The summed E-state index contributed by atoms with van der Waals surface area (Å²) in [5, 5.41) is 18.1. The van der Waals surface area contributed by atoms with Crippen molar-refractivity contribution in [1.82, 2.24) is 20.9 Å². The van der Waals surface area contributed by atoms with E-state index in [0.717, 1.165) is 0 Å². The summed E-state index contributed by atoms with van der Waals surface area (Å²) < 4.78 is 4.14. The second-order valence-electron chi connectivity index (χ2n) is 8.31. The number of hydrogen-bond donors (Lipinski definition) is 3. The van der Waals surface area contributed by atoms with Crippen molar-refractivity contribution < 1.29 is 84.9 Å². The Bertz CT molecular complexity index is 1140. The number of amides is 5. The number of carboxylic acid groups (broad SMARTS) is 1. The van der Waals surface area contributed by atoms with Crippen molar-refractivity contribution in [3.05, 3.63) is 60.1 Å². The second kappa shape index (κ2) is 10.8. The Morgan fingerprint density at radius 1 is 1.11 bits per heavy atom. The van der Waals surface area contributed by atoms with E-state index in [4.69, 9.17) is 4.42 Å². The summed E-state index contributed by atoms with van der Waals surface area (Å²) in [6.07, 6.45) is 1.28. The van der Waals surface area contributed by atoms with Crippen LogP contribution < -0.4 is 72.4 Å². The van der Waals surface area contributed by atoms with Gasteiger partial charge >= 0.3 is 57.4 Å². The van der Waals surface area contributed by atoms with Crippen LogP contribution in [0.25, 0.3) is 0 Å². The summed E-state index contributed by atoms with van der Waals surface area (Å²) in [6, 6.07) is 6.86. The molecule has 1 aromatic heterocycles. The average molecular weight is 525 g/mol. The van der Waals surface area contributed by atoms with Crippen molar-refractivity contribution in [2.24, 2.45) is 0 Å². The molecule has 2 saturated heterocycles. The van der Waals surface area contributed by atoms with Crippen LogP contribution in [0.15, 0.2) is 53.1 Å². The van der Waals surface area contributed by atoms with Gasteiger partial charge in [0.15, 0.2) is 5.76 Å². The molecular formula is C22H21KN4O7S. The summed E-state index contributed by atoms with van der Waals surface area (Å²) in [5.74, 6) is -3.48. The van der Waals surface area contributed by atoms with Crippen LogP contribution in [0.2, 0.25) is 0 Å². The van der Waals surface area contributed by atoms with E-state index < -0.39 is 58.0 Å². The van der Waals surface area contributed by atoms with Crippen LogP contribution in [0.3, 0.4) is 0 Å². The van der Waals surface area contributed by atoms with Crippen LogP contribution in [0.4, 0.5) is 4.79 Å². The molecule has 35 heavy (non-hydrogen) atoms. The summed E-state index contributed by atoms with van der Waals surface area (Å²) >= 11 is 1.25. The fourth-order valence-corrected chi connectivity index (χ4v) is 5.67. The number of carboxylic acids is 1. The number of imide groups is 1. The minimum atomic E-state index is -1.36. The van der Waals surface area contributed by atoms with Crippen LogP contribution in [0.5, 0.6) is 0 Å². The summed E-state index contributed by atoms with van der Waals surface area (Å²) in [4.78, 5) is 63.1. The molecule has 3 N–H and O–H groups in total. The zero-order valence-electron chi connectivity index (χ0n) is 19.1. The molecule has 11 nitrogen and oxygen atoms in total. The molecule has 2 aromatic rings. The van der Waals surface area contributed by atoms with Crippen LogP contribution in [-0.4, -0.2) is 56.8 Å². The van der Waals surface area contributed by atoms with Gasteiger partial charge in [0.25, 0.3) is 5.91 Å². The zero-order valence-corrected chi connectivity index (χ0v) is 23.1. The average Bonchev–Trinajstić information content (AvgIpc) is 3.41. The number of carbonyl (C=O) groups excluding carboxylic acids is 5. The summed E-state index contributed by atoms with van der Waals surface area (Å²) in [6.45, 7) is 3.38. The van der Waals surface area contributed by atoms with E-state index in [1.165, 1.54) is 35.1 Å². The van der Waals surface area contributed by atoms with Gasteiger partial charge in [0.1, 0.15) is 17.5 Å². The first-order valence-corrected chi connectivity index (χ1v) is 11.2. The molecule has 1 unspecified atom stereocenters. The molecular weight excluding hydrogens is 503 g/mol. The number of carbonyl (C=O) groups is 5. The van der Waals surface area contributed by atoms with Crippen LogP contribution in [0, 0.1) is 0 Å². The van der Waals surface area contributed by atoms with E-state index in [1.807, 2.05) is 0 Å². The van der Waals surface area contributed by atoms with Gasteiger partial charge in [-0.3, -0.25) is 19.7 Å². The molecule has 4 atom stereocenters. The molecule has 178 valence electrons. The van der Waals surface area contributed by atoms with Gasteiger partial charge in [0.05, 0.1) is 18.3 Å². The fraction of sp³-hybridized carbons (Fsp3) is 0.318. The van der Waals surface area contributed by atoms with Crippen molar-refractivity contribution in [2.45, 2.75) is 42.1 Å². The van der Waals surface area contributed by atoms with Crippen molar-refractivity contribution in [3.8, 4) is 0 Å². The Morgan fingerprint density at radius 3 is 2.40 bits per heavy atom. The molecule has 1 aromatic carbocycles. The number of urea groups is 1. The number of β-lactam (4-membered cyclic amide) rings is 1. The molecule has 0 radical (unpaired) electrons. The predicted octanol–water partition coefficient (Wildman–Crippen LogP) is -3.24. The first-order chi connectivity index (χ1) is 16.1. The van der Waals surface area contributed by atoms with Crippen LogP contribution in [0.1, 0.15) is 36.0 Å². The van der Waals surface area contributed by atoms with Crippen molar-refractivity contribution >= 4 is 41.5 Å². The van der Waals surface area contributed by atoms with Crippen LogP contribution in [-0.2, 0) is 14.4 Å². The van der Waals surface area contributed by atoms with Crippen molar-refractivity contribution in [2.75, 3.05) is 0 Å². The summed E-state index contributed by atoms with van der Waals surface area (Å²) in [5.41, 5.74) is 0.413. The molecule has 3 heterocycles. The minimum Gasteiger partial charge on any atom is -0.548 e. The Hall–Kier alpha value is -2.16. The number of aliphatic carboxylic acids is 1. The number of nitrogens with one attached hydrogen (secondary N) is 3. The van der Waals surface area contributed by atoms with Crippen molar-refractivity contribution in [3.63, 3.8) is 0 Å². The maximum atomic E-state index is 13.1. The number of fused-ring (bicyclic) bond motifs is 1. The quantitative estimate of drug-likeness (QED) is 0.262. The van der Waals surface area contributed by atoms with Gasteiger partial charge in [-0.2, -0.15) is 0 Å². The number of thioether (sulfide) groups is 1. The Morgan fingerprint density at radius 2 is 1.80 bits per heavy atom. The molecule has 13 heteroatoms. The normalized spacial score (nSPS) is 22.6. The Kier molecular flexibility index (Phi) is 8.50. The predicted molar refractivity (Wildman–Crippen MR) is 117 cm³/mol.